The summed E-state index contributed by atoms with van der Waals surface area (Å²) < 4.78 is 0. The van der Waals surface area contributed by atoms with E-state index in [1.807, 2.05) is 12.2 Å². The molecule has 0 spiro atoms. The first-order valence-corrected chi connectivity index (χ1v) is 7.97. The molecule has 5 aliphatic rings. The van der Waals surface area contributed by atoms with Crippen LogP contribution in [0.2, 0.25) is 0 Å². The number of hydrogen-bond acceptors (Lipinski definition) is 3. The Balaban J connectivity index is 1.48. The number of nitrogens with zero attached hydrogens (tertiary/aromatic N) is 1. The lowest BCUT2D eigenvalue weighted by Gasteiger charge is -2.57. The van der Waals surface area contributed by atoms with Gasteiger partial charge in [-0.25, -0.2) is 0 Å². The molecule has 5 aliphatic carbocycles. The summed E-state index contributed by atoms with van der Waals surface area (Å²) in [7, 11) is 0. The fraction of sp³-hybridized carbons (Fsp3) is 0.588. The van der Waals surface area contributed by atoms with E-state index in [4.69, 9.17) is 0 Å². The molecular weight excluding hydrogens is 264 g/mol. The molecular formula is C17H21N2O2-. The van der Waals surface area contributed by atoms with Gasteiger partial charge in [-0.1, -0.05) is 0 Å². The average molecular weight is 285 g/mol. The predicted octanol–water partition coefficient (Wildman–Crippen LogP) is 3.00. The third-order valence-corrected chi connectivity index (χ3v) is 5.69. The van der Waals surface area contributed by atoms with Crippen molar-refractivity contribution >= 4 is 5.71 Å². The van der Waals surface area contributed by atoms with E-state index < -0.39 is 0 Å². The molecule has 0 saturated heterocycles. The number of hydrogen-bond donors (Lipinski definition) is 1. The molecule has 4 bridgehead atoms. The summed E-state index contributed by atoms with van der Waals surface area (Å²) in [4.78, 5) is -0.351. The average Bonchev–Trinajstić information content (AvgIpc) is 2.44. The molecule has 0 aromatic carbocycles. The molecule has 5 rings (SSSR count). The molecule has 1 N–H and O–H groups in total. The van der Waals surface area contributed by atoms with Gasteiger partial charge in [-0.15, -0.1) is 0 Å². The van der Waals surface area contributed by atoms with Gasteiger partial charge in [0.2, 0.25) is 5.71 Å². The molecule has 4 nitrogen and oxygen atoms in total. The van der Waals surface area contributed by atoms with Gasteiger partial charge in [0, 0.05) is 23.9 Å². The Hall–Kier alpha value is -1.71. The van der Waals surface area contributed by atoms with Crippen LogP contribution in [0.5, 0.6) is 0 Å². The van der Waals surface area contributed by atoms with E-state index in [0.29, 0.717) is 5.54 Å². The van der Waals surface area contributed by atoms with E-state index in [1.165, 1.54) is 38.5 Å². The maximum absolute atomic E-state index is 10.7. The lowest BCUT2D eigenvalue weighted by molar-refractivity contribution is -0.377. The van der Waals surface area contributed by atoms with E-state index in [2.05, 4.69) is 11.5 Å². The van der Waals surface area contributed by atoms with Crippen LogP contribution in [0.25, 0.3) is 0 Å². The van der Waals surface area contributed by atoms with Crippen molar-refractivity contribution in [3.8, 4) is 0 Å². The van der Waals surface area contributed by atoms with Crippen LogP contribution in [0.3, 0.4) is 0 Å². The SMILES string of the molecule is [O-][N+]([O-])=C1C=CC(=CNC23CC4CC(CC(C4)C2)C3)C=C1. The van der Waals surface area contributed by atoms with Crippen molar-refractivity contribution in [3.05, 3.63) is 46.5 Å². The molecule has 21 heavy (non-hydrogen) atoms. The van der Waals surface area contributed by atoms with E-state index in [-0.39, 0.29) is 10.6 Å². The maximum atomic E-state index is 10.7. The Morgan fingerprint density at radius 2 is 1.48 bits per heavy atom. The molecule has 4 heteroatoms. The third kappa shape index (κ3) is 2.37. The molecule has 4 fully saturated rings. The molecule has 0 atom stereocenters. The minimum atomic E-state index is -0.351. The van der Waals surface area contributed by atoms with Gasteiger partial charge >= 0.3 is 0 Å². The highest BCUT2D eigenvalue weighted by Gasteiger charge is 2.50. The minimum Gasteiger partial charge on any atom is -0.612 e. The molecule has 0 amide bonds. The Morgan fingerprint density at radius 3 is 1.95 bits per heavy atom. The third-order valence-electron chi connectivity index (χ3n) is 5.69. The molecule has 0 unspecified atom stereocenters. The van der Waals surface area contributed by atoms with Crippen LogP contribution in [0.15, 0.2) is 36.1 Å². The van der Waals surface area contributed by atoms with Crippen molar-refractivity contribution < 1.29 is 4.90 Å². The second-order valence-corrected chi connectivity index (χ2v) is 7.34. The minimum absolute atomic E-state index is 0.155. The zero-order valence-electron chi connectivity index (χ0n) is 12.1. The Labute approximate surface area is 125 Å². The summed E-state index contributed by atoms with van der Waals surface area (Å²) in [5.41, 5.74) is 1.48. The summed E-state index contributed by atoms with van der Waals surface area (Å²) in [5, 5.41) is 25.1. The first-order valence-electron chi connectivity index (χ1n) is 7.97. The van der Waals surface area contributed by atoms with Gasteiger partial charge in [0.15, 0.2) is 0 Å². The van der Waals surface area contributed by atoms with Gasteiger partial charge in [0.1, 0.15) is 0 Å². The Kier molecular flexibility index (Phi) is 2.88. The standard InChI is InChI=1S/C17H21N2O2/c20-19(21)16-3-1-12(2-4-16)11-18-17-8-13-5-14(9-17)7-15(6-13)10-17/h1-4,11,13-15,18H,5-10H2/q-1. The second-order valence-electron chi connectivity index (χ2n) is 7.34. The van der Waals surface area contributed by atoms with Gasteiger partial charge in [0.05, 0.1) is 0 Å². The predicted molar refractivity (Wildman–Crippen MR) is 82.4 cm³/mol. The first kappa shape index (κ1) is 13.0. The smallest absolute Gasteiger partial charge is 0.222 e. The quantitative estimate of drug-likeness (QED) is 0.626. The van der Waals surface area contributed by atoms with Crippen LogP contribution in [-0.2, 0) is 0 Å². The van der Waals surface area contributed by atoms with Crippen LogP contribution >= 0.6 is 0 Å². The van der Waals surface area contributed by atoms with E-state index in [9.17, 15) is 10.4 Å². The monoisotopic (exact) mass is 285 g/mol. The highest BCUT2D eigenvalue weighted by atomic mass is 16.8. The number of nitrogens with one attached hydrogen (secondary N) is 1. The van der Waals surface area contributed by atoms with Crippen LogP contribution in [0.1, 0.15) is 38.5 Å². The van der Waals surface area contributed by atoms with Crippen molar-refractivity contribution in [2.75, 3.05) is 0 Å². The van der Waals surface area contributed by atoms with Gasteiger partial charge in [-0.05, 0) is 74.0 Å². The molecule has 0 aromatic rings. The Morgan fingerprint density at radius 1 is 0.952 bits per heavy atom. The fourth-order valence-corrected chi connectivity index (χ4v) is 5.22. The molecule has 0 aliphatic heterocycles. The molecule has 112 valence electrons. The zero-order valence-corrected chi connectivity index (χ0v) is 12.1. The van der Waals surface area contributed by atoms with Crippen molar-refractivity contribution in [3.63, 3.8) is 0 Å². The zero-order chi connectivity index (χ0) is 14.4. The van der Waals surface area contributed by atoms with Crippen LogP contribution < -0.4 is 5.32 Å². The second kappa shape index (κ2) is 4.65. The highest BCUT2D eigenvalue weighted by molar-refractivity contribution is 6.02. The summed E-state index contributed by atoms with van der Waals surface area (Å²) in [6.45, 7) is 0. The van der Waals surface area contributed by atoms with Crippen molar-refractivity contribution in [2.24, 2.45) is 17.8 Å². The van der Waals surface area contributed by atoms with Crippen LogP contribution in [0.4, 0.5) is 0 Å². The fourth-order valence-electron chi connectivity index (χ4n) is 5.22. The summed E-state index contributed by atoms with van der Waals surface area (Å²) >= 11 is 0. The molecule has 4 saturated carbocycles. The maximum Gasteiger partial charge on any atom is 0.222 e. The topological polar surface area (TPSA) is 61.2 Å². The molecule has 0 aromatic heterocycles. The van der Waals surface area contributed by atoms with E-state index >= 15 is 0 Å². The summed E-state index contributed by atoms with van der Waals surface area (Å²) in [5.74, 6) is 2.78. The summed E-state index contributed by atoms with van der Waals surface area (Å²) in [6, 6.07) is 0. The lowest BCUT2D eigenvalue weighted by Crippen LogP contribution is -2.57. The Bertz CT molecular complexity index is 514. The highest BCUT2D eigenvalue weighted by Crippen LogP contribution is 2.55. The van der Waals surface area contributed by atoms with Gasteiger partial charge in [-0.2, -0.15) is 4.90 Å². The van der Waals surface area contributed by atoms with Crippen LogP contribution in [0, 0.1) is 28.2 Å². The largest absolute Gasteiger partial charge is 0.612 e. The molecule has 0 heterocycles. The normalized spacial score (nSPS) is 39.7. The lowest BCUT2D eigenvalue weighted by atomic mass is 9.53. The number of allylic oxidation sites excluding steroid dienone is 5. The van der Waals surface area contributed by atoms with Gasteiger partial charge in [0.25, 0.3) is 0 Å². The van der Waals surface area contributed by atoms with Crippen LogP contribution in [-0.4, -0.2) is 16.2 Å². The number of rotatable bonds is 2. The van der Waals surface area contributed by atoms with E-state index in [0.717, 1.165) is 23.3 Å². The summed E-state index contributed by atoms with van der Waals surface area (Å²) in [6.07, 6.45) is 17.1. The van der Waals surface area contributed by atoms with Gasteiger partial charge in [-0.3, -0.25) is 0 Å². The van der Waals surface area contributed by atoms with Crippen molar-refractivity contribution in [1.29, 1.82) is 0 Å². The van der Waals surface area contributed by atoms with Crippen molar-refractivity contribution in [1.82, 2.24) is 5.32 Å². The molecule has 0 radical (unpaired) electrons. The van der Waals surface area contributed by atoms with Crippen molar-refractivity contribution in [2.45, 2.75) is 44.1 Å². The van der Waals surface area contributed by atoms with E-state index in [1.54, 1.807) is 12.2 Å². The first-order chi connectivity index (χ1) is 10.1. The van der Waals surface area contributed by atoms with Gasteiger partial charge < -0.3 is 15.7 Å².